The fourth-order valence-electron chi connectivity index (χ4n) is 1.98. The van der Waals surface area contributed by atoms with Gasteiger partial charge in [-0.3, -0.25) is 0 Å². The van der Waals surface area contributed by atoms with Gasteiger partial charge >= 0.3 is 0 Å². The van der Waals surface area contributed by atoms with Crippen LogP contribution in [0, 0.1) is 5.82 Å². The monoisotopic (exact) mass is 241 g/mol. The van der Waals surface area contributed by atoms with Crippen molar-refractivity contribution in [1.82, 2.24) is 9.29 Å². The number of rotatable bonds is 2. The van der Waals surface area contributed by atoms with Gasteiger partial charge < -0.3 is 4.90 Å². The van der Waals surface area contributed by atoms with E-state index in [2.05, 4.69) is 27.4 Å². The average Bonchev–Trinajstić information content (AvgIpc) is 2.30. The summed E-state index contributed by atoms with van der Waals surface area (Å²) in [4.78, 5) is 6.32. The van der Waals surface area contributed by atoms with Gasteiger partial charge in [0.25, 0.3) is 0 Å². The molecule has 1 aliphatic heterocycles. The zero-order valence-corrected chi connectivity index (χ0v) is 10.4. The molecule has 1 unspecified atom stereocenters. The van der Waals surface area contributed by atoms with Crippen LogP contribution in [0.3, 0.4) is 0 Å². The van der Waals surface area contributed by atoms with Gasteiger partial charge in [0.05, 0.1) is 6.20 Å². The maximum absolute atomic E-state index is 12.8. The maximum atomic E-state index is 12.8. The van der Waals surface area contributed by atoms with Crippen molar-refractivity contribution in [2.45, 2.75) is 13.0 Å². The van der Waals surface area contributed by atoms with Gasteiger partial charge in [-0.15, -0.1) is 0 Å². The summed E-state index contributed by atoms with van der Waals surface area (Å²) in [5, 5.41) is 0. The van der Waals surface area contributed by atoms with Crippen LogP contribution in [0.1, 0.15) is 6.92 Å². The molecule has 1 aromatic rings. The minimum atomic E-state index is -0.278. The Morgan fingerprint density at radius 1 is 1.44 bits per heavy atom. The van der Waals surface area contributed by atoms with E-state index < -0.39 is 0 Å². The van der Waals surface area contributed by atoms with E-state index in [-0.39, 0.29) is 5.82 Å². The molecule has 3 nitrogen and oxygen atoms in total. The highest BCUT2D eigenvalue weighted by Gasteiger charge is 2.23. The van der Waals surface area contributed by atoms with Crippen molar-refractivity contribution in [3.63, 3.8) is 0 Å². The highest BCUT2D eigenvalue weighted by atomic mass is 32.2. The van der Waals surface area contributed by atoms with Gasteiger partial charge in [0.15, 0.2) is 0 Å². The fraction of sp³-hybridized carbons (Fsp3) is 0.545. The molecule has 0 bridgehead atoms. The number of hydrogen-bond donors (Lipinski definition) is 0. The highest BCUT2D eigenvalue weighted by molar-refractivity contribution is 7.96. The third kappa shape index (κ3) is 2.47. The van der Waals surface area contributed by atoms with E-state index in [9.17, 15) is 4.39 Å². The van der Waals surface area contributed by atoms with Gasteiger partial charge in [0.1, 0.15) is 11.6 Å². The molecular formula is C11H16FN3S. The van der Waals surface area contributed by atoms with Crippen molar-refractivity contribution in [1.29, 1.82) is 0 Å². The Morgan fingerprint density at radius 3 is 2.81 bits per heavy atom. The molecule has 0 spiro atoms. The molecule has 88 valence electrons. The van der Waals surface area contributed by atoms with Crippen LogP contribution in [0.15, 0.2) is 18.3 Å². The normalized spacial score (nSPS) is 22.4. The van der Waals surface area contributed by atoms with Gasteiger partial charge in [-0.25, -0.2) is 13.7 Å². The van der Waals surface area contributed by atoms with Crippen molar-refractivity contribution in [2.75, 3.05) is 30.8 Å². The molecule has 1 atom stereocenters. The zero-order chi connectivity index (χ0) is 11.5. The Labute approximate surface area is 99.8 Å². The first-order chi connectivity index (χ1) is 7.70. The van der Waals surface area contributed by atoms with E-state index in [0.29, 0.717) is 6.04 Å². The lowest BCUT2D eigenvalue weighted by molar-refractivity contribution is 0.336. The van der Waals surface area contributed by atoms with E-state index in [1.165, 1.54) is 12.3 Å². The quantitative estimate of drug-likeness (QED) is 0.737. The third-order valence-corrected chi connectivity index (χ3v) is 3.85. The molecule has 1 fully saturated rings. The number of hydrogen-bond acceptors (Lipinski definition) is 4. The number of pyridine rings is 1. The lowest BCUT2D eigenvalue weighted by Crippen LogP contribution is -2.49. The van der Waals surface area contributed by atoms with Gasteiger partial charge in [0.2, 0.25) is 0 Å². The van der Waals surface area contributed by atoms with Crippen molar-refractivity contribution in [3.8, 4) is 0 Å². The molecule has 0 aliphatic carbocycles. The predicted molar refractivity (Wildman–Crippen MR) is 66.1 cm³/mol. The van der Waals surface area contributed by atoms with Crippen LogP contribution in [0.4, 0.5) is 10.2 Å². The molecule has 1 aliphatic rings. The minimum absolute atomic E-state index is 0.278. The number of nitrogens with zero attached hydrogens (tertiary/aromatic N) is 3. The predicted octanol–water partition coefficient (Wildman–Crippen LogP) is 2.01. The number of piperazine rings is 1. The molecule has 0 radical (unpaired) electrons. The summed E-state index contributed by atoms with van der Waals surface area (Å²) in [6, 6.07) is 3.71. The first kappa shape index (κ1) is 11.7. The van der Waals surface area contributed by atoms with E-state index in [4.69, 9.17) is 0 Å². The molecule has 0 aromatic carbocycles. The third-order valence-electron chi connectivity index (χ3n) is 2.84. The van der Waals surface area contributed by atoms with Crippen molar-refractivity contribution in [2.24, 2.45) is 0 Å². The van der Waals surface area contributed by atoms with Crippen molar-refractivity contribution >= 4 is 17.8 Å². The van der Waals surface area contributed by atoms with Crippen LogP contribution >= 0.6 is 11.9 Å². The lowest BCUT2D eigenvalue weighted by Gasteiger charge is -2.38. The Kier molecular flexibility index (Phi) is 3.66. The maximum Gasteiger partial charge on any atom is 0.141 e. The molecule has 2 heterocycles. The first-order valence-electron chi connectivity index (χ1n) is 5.38. The van der Waals surface area contributed by atoms with Crippen LogP contribution < -0.4 is 4.90 Å². The van der Waals surface area contributed by atoms with E-state index >= 15 is 0 Å². The molecule has 1 aromatic heterocycles. The van der Waals surface area contributed by atoms with Crippen LogP contribution in [-0.4, -0.2) is 41.2 Å². The topological polar surface area (TPSA) is 19.4 Å². The van der Waals surface area contributed by atoms with Crippen LogP contribution in [0.5, 0.6) is 0 Å². The van der Waals surface area contributed by atoms with Crippen molar-refractivity contribution < 1.29 is 4.39 Å². The lowest BCUT2D eigenvalue weighted by atomic mass is 10.2. The molecule has 5 heteroatoms. The van der Waals surface area contributed by atoms with E-state index in [1.807, 2.05) is 0 Å². The number of aromatic nitrogens is 1. The van der Waals surface area contributed by atoms with E-state index in [0.717, 1.165) is 25.5 Å². The molecule has 0 N–H and O–H groups in total. The molecule has 0 amide bonds. The summed E-state index contributed by atoms with van der Waals surface area (Å²) in [5.41, 5.74) is 0. The first-order valence-corrected chi connectivity index (χ1v) is 6.56. The van der Waals surface area contributed by atoms with Gasteiger partial charge in [0, 0.05) is 25.7 Å². The van der Waals surface area contributed by atoms with E-state index in [1.54, 1.807) is 18.0 Å². The highest BCUT2D eigenvalue weighted by Crippen LogP contribution is 2.20. The summed E-state index contributed by atoms with van der Waals surface area (Å²) in [6.45, 7) is 5.11. The number of halogens is 1. The Bertz CT molecular complexity index is 344. The van der Waals surface area contributed by atoms with Crippen LogP contribution in [0.25, 0.3) is 0 Å². The standard InChI is InChI=1S/C11H16FN3S/c1-9-8-14(5-6-15(9)16-2)11-4-3-10(12)7-13-11/h3-4,7,9H,5-6,8H2,1-2H3. The fourth-order valence-corrected chi connectivity index (χ4v) is 2.67. The summed E-state index contributed by atoms with van der Waals surface area (Å²) in [5.74, 6) is 0.591. The minimum Gasteiger partial charge on any atom is -0.354 e. The van der Waals surface area contributed by atoms with Gasteiger partial charge in [-0.05, 0) is 25.3 Å². The molecular weight excluding hydrogens is 225 g/mol. The van der Waals surface area contributed by atoms with Crippen molar-refractivity contribution in [3.05, 3.63) is 24.1 Å². The molecule has 2 rings (SSSR count). The summed E-state index contributed by atoms with van der Waals surface area (Å²) >= 11 is 1.78. The second kappa shape index (κ2) is 5.01. The Hall–Kier alpha value is -0.810. The van der Waals surface area contributed by atoms with Gasteiger partial charge in [-0.2, -0.15) is 0 Å². The summed E-state index contributed by atoms with van der Waals surface area (Å²) in [6.07, 6.45) is 3.38. The summed E-state index contributed by atoms with van der Waals surface area (Å²) < 4.78 is 15.1. The Balaban J connectivity index is 2.04. The number of anilines is 1. The molecule has 0 saturated carbocycles. The van der Waals surface area contributed by atoms with Gasteiger partial charge in [-0.1, -0.05) is 11.9 Å². The van der Waals surface area contributed by atoms with Crippen LogP contribution in [0.2, 0.25) is 0 Å². The zero-order valence-electron chi connectivity index (χ0n) is 9.56. The van der Waals surface area contributed by atoms with Crippen LogP contribution in [-0.2, 0) is 0 Å². The second-order valence-corrected chi connectivity index (χ2v) is 4.79. The molecule has 16 heavy (non-hydrogen) atoms. The SMILES string of the molecule is CSN1CCN(c2ccc(F)cn2)CC1C. The largest absolute Gasteiger partial charge is 0.354 e. The smallest absolute Gasteiger partial charge is 0.141 e. The average molecular weight is 241 g/mol. The second-order valence-electron chi connectivity index (χ2n) is 3.95. The summed E-state index contributed by atoms with van der Waals surface area (Å²) in [7, 11) is 0. The molecule has 1 saturated heterocycles. The Morgan fingerprint density at radius 2 is 2.25 bits per heavy atom.